The van der Waals surface area contributed by atoms with Crippen molar-refractivity contribution in [1.29, 1.82) is 0 Å². The monoisotopic (exact) mass is 187 g/mol. The Balaban J connectivity index is 3.19. The van der Waals surface area contributed by atoms with Gasteiger partial charge >= 0.3 is 5.97 Å². The summed E-state index contributed by atoms with van der Waals surface area (Å²) in [7, 11) is 0. The molecule has 0 aromatic carbocycles. The van der Waals surface area contributed by atoms with Crippen LogP contribution in [0.3, 0.4) is 0 Å². The lowest BCUT2D eigenvalue weighted by Gasteiger charge is -2.07. The third-order valence-corrected chi connectivity index (χ3v) is 1.96. The molecule has 0 heterocycles. The molecule has 3 nitrogen and oxygen atoms in total. The number of hydrogen-bond donors (Lipinski definition) is 2. The van der Waals surface area contributed by atoms with Crippen molar-refractivity contribution >= 4 is 5.97 Å². The third kappa shape index (κ3) is 9.34. The third-order valence-electron chi connectivity index (χ3n) is 1.96. The lowest BCUT2D eigenvalue weighted by atomic mass is 10.1. The minimum absolute atomic E-state index is 0.265. The average molecular weight is 187 g/mol. The van der Waals surface area contributed by atoms with E-state index in [1.54, 1.807) is 0 Å². The molecule has 0 saturated heterocycles. The van der Waals surface area contributed by atoms with Gasteiger partial charge in [-0.15, -0.1) is 0 Å². The lowest BCUT2D eigenvalue weighted by Crippen LogP contribution is -2.09. The quantitative estimate of drug-likeness (QED) is 0.571. The zero-order valence-corrected chi connectivity index (χ0v) is 8.20. The van der Waals surface area contributed by atoms with E-state index >= 15 is 0 Å². The predicted octanol–water partition coefficient (Wildman–Crippen LogP) is 2.00. The zero-order valence-electron chi connectivity index (χ0n) is 8.20. The van der Waals surface area contributed by atoms with Gasteiger partial charge in [0.1, 0.15) is 0 Å². The smallest absolute Gasteiger partial charge is 0.307 e. The fraction of sp³-hybridized carbons (Fsp3) is 0.800. The fourth-order valence-electron chi connectivity index (χ4n) is 1.16. The van der Waals surface area contributed by atoms with Gasteiger partial charge < -0.3 is 10.2 Å². The number of carboxylic acid groups (broad SMARTS) is 1. The van der Waals surface area contributed by atoms with Crippen LogP contribution in [0.5, 0.6) is 0 Å². The van der Waals surface area contributed by atoms with E-state index in [1.807, 2.05) is 0 Å². The normalized spacial score (nSPS) is 12.8. The van der Waals surface area contributed by atoms with Gasteiger partial charge in [-0.1, -0.05) is 32.6 Å². The van der Waals surface area contributed by atoms with Crippen LogP contribution in [0.4, 0.5) is 0 Å². The number of unbranched alkanes of at least 4 members (excludes halogenated alkanes) is 3. The van der Waals surface area contributed by atoms with Gasteiger partial charge in [0.2, 0.25) is 0 Å². The molecule has 0 spiro atoms. The second-order valence-electron chi connectivity index (χ2n) is 3.28. The predicted molar refractivity (Wildman–Crippen MR) is 51.3 cm³/mol. The van der Waals surface area contributed by atoms with Crippen LogP contribution in [0, 0.1) is 6.42 Å². The van der Waals surface area contributed by atoms with Crippen molar-refractivity contribution in [2.75, 3.05) is 0 Å². The molecule has 1 radical (unpaired) electrons. The highest BCUT2D eigenvalue weighted by atomic mass is 16.4. The fourth-order valence-corrected chi connectivity index (χ4v) is 1.16. The Labute approximate surface area is 79.8 Å². The molecular weight excluding hydrogens is 168 g/mol. The van der Waals surface area contributed by atoms with Crippen LogP contribution in [0.15, 0.2) is 0 Å². The van der Waals surface area contributed by atoms with Crippen LogP contribution < -0.4 is 0 Å². The molecule has 2 N–H and O–H groups in total. The maximum absolute atomic E-state index is 10.1. The highest BCUT2D eigenvalue weighted by molar-refractivity contribution is 5.76. The Morgan fingerprint density at radius 1 is 1.38 bits per heavy atom. The molecule has 3 heteroatoms. The Hall–Kier alpha value is -0.570. The first kappa shape index (κ1) is 12.4. The molecule has 0 aromatic heterocycles. The average Bonchev–Trinajstić information content (AvgIpc) is 2.09. The van der Waals surface area contributed by atoms with Crippen molar-refractivity contribution in [2.45, 2.75) is 51.6 Å². The minimum atomic E-state index is -0.951. The summed E-state index contributed by atoms with van der Waals surface area (Å²) in [4.78, 5) is 10.1. The summed E-state index contributed by atoms with van der Waals surface area (Å²) >= 11 is 0. The number of aliphatic hydroxyl groups is 1. The van der Waals surface area contributed by atoms with Crippen molar-refractivity contribution in [1.82, 2.24) is 0 Å². The van der Waals surface area contributed by atoms with Gasteiger partial charge in [-0.2, -0.15) is 0 Å². The molecule has 13 heavy (non-hydrogen) atoms. The van der Waals surface area contributed by atoms with E-state index < -0.39 is 12.1 Å². The highest BCUT2D eigenvalue weighted by Gasteiger charge is 2.06. The second-order valence-corrected chi connectivity index (χ2v) is 3.28. The van der Waals surface area contributed by atoms with Gasteiger partial charge in [0, 0.05) is 0 Å². The topological polar surface area (TPSA) is 57.5 Å². The SMILES string of the molecule is CCCCCCC(O)C[CH]C(=O)O. The van der Waals surface area contributed by atoms with Crippen LogP contribution in [0.2, 0.25) is 0 Å². The Bertz CT molecular complexity index is 134. The molecule has 0 amide bonds. The summed E-state index contributed by atoms with van der Waals surface area (Å²) in [6.07, 6.45) is 6.10. The maximum atomic E-state index is 10.1. The van der Waals surface area contributed by atoms with Gasteiger partial charge in [-0.25, -0.2) is 0 Å². The van der Waals surface area contributed by atoms with Crippen LogP contribution in [0.1, 0.15) is 45.4 Å². The molecule has 77 valence electrons. The molecule has 0 aliphatic carbocycles. The van der Waals surface area contributed by atoms with Crippen molar-refractivity contribution < 1.29 is 15.0 Å². The summed E-state index contributed by atoms with van der Waals surface area (Å²) in [5.41, 5.74) is 0. The summed E-state index contributed by atoms with van der Waals surface area (Å²) in [5.74, 6) is -0.951. The van der Waals surface area contributed by atoms with E-state index in [0.29, 0.717) is 6.42 Å². The van der Waals surface area contributed by atoms with Gasteiger partial charge in [0.25, 0.3) is 0 Å². The van der Waals surface area contributed by atoms with Gasteiger partial charge in [-0.3, -0.25) is 4.79 Å². The van der Waals surface area contributed by atoms with Gasteiger partial charge in [0.05, 0.1) is 12.5 Å². The van der Waals surface area contributed by atoms with E-state index in [4.69, 9.17) is 5.11 Å². The molecule has 0 rings (SSSR count). The summed E-state index contributed by atoms with van der Waals surface area (Å²) in [6.45, 7) is 2.13. The number of carbonyl (C=O) groups is 1. The summed E-state index contributed by atoms with van der Waals surface area (Å²) < 4.78 is 0. The number of aliphatic hydroxyl groups excluding tert-OH is 1. The van der Waals surface area contributed by atoms with E-state index in [2.05, 4.69) is 6.92 Å². The molecule has 0 aliphatic heterocycles. The van der Waals surface area contributed by atoms with E-state index in [0.717, 1.165) is 19.3 Å². The number of hydrogen-bond acceptors (Lipinski definition) is 2. The molecule has 1 unspecified atom stereocenters. The Morgan fingerprint density at radius 3 is 2.62 bits per heavy atom. The molecule has 0 saturated carbocycles. The maximum Gasteiger partial charge on any atom is 0.307 e. The van der Waals surface area contributed by atoms with E-state index in [9.17, 15) is 9.90 Å². The first-order valence-electron chi connectivity index (χ1n) is 4.91. The summed E-state index contributed by atoms with van der Waals surface area (Å²) in [5, 5.41) is 17.6. The van der Waals surface area contributed by atoms with Crippen LogP contribution >= 0.6 is 0 Å². The molecular formula is C10H19O3. The van der Waals surface area contributed by atoms with E-state index in [1.165, 1.54) is 12.8 Å². The minimum Gasteiger partial charge on any atom is -0.481 e. The van der Waals surface area contributed by atoms with Crippen LogP contribution in [0.25, 0.3) is 0 Å². The number of aliphatic carboxylic acids is 1. The number of rotatable bonds is 8. The van der Waals surface area contributed by atoms with E-state index in [-0.39, 0.29) is 6.42 Å². The van der Waals surface area contributed by atoms with Crippen molar-refractivity contribution in [3.63, 3.8) is 0 Å². The first-order valence-corrected chi connectivity index (χ1v) is 4.91. The van der Waals surface area contributed by atoms with Gasteiger partial charge in [-0.05, 0) is 12.8 Å². The highest BCUT2D eigenvalue weighted by Crippen LogP contribution is 2.08. The van der Waals surface area contributed by atoms with Crippen molar-refractivity contribution in [3.8, 4) is 0 Å². The summed E-state index contributed by atoms with van der Waals surface area (Å²) in [6, 6.07) is 0. The molecule has 1 atom stereocenters. The molecule has 0 aromatic rings. The Kier molecular flexibility index (Phi) is 7.69. The van der Waals surface area contributed by atoms with Crippen LogP contribution in [-0.2, 0) is 4.79 Å². The first-order chi connectivity index (χ1) is 6.16. The van der Waals surface area contributed by atoms with Crippen molar-refractivity contribution in [3.05, 3.63) is 6.42 Å². The standard InChI is InChI=1S/C10H19O3/c1-2-3-4-5-6-9(11)7-8-10(12)13/h8-9,11H,2-7H2,1H3,(H,12,13). The number of carboxylic acids is 1. The van der Waals surface area contributed by atoms with Gasteiger partial charge in [0.15, 0.2) is 0 Å². The van der Waals surface area contributed by atoms with Crippen molar-refractivity contribution in [2.24, 2.45) is 0 Å². The lowest BCUT2D eigenvalue weighted by molar-refractivity contribution is -0.133. The molecule has 0 fully saturated rings. The van der Waals surface area contributed by atoms with Crippen LogP contribution in [-0.4, -0.2) is 22.3 Å². The second kappa shape index (κ2) is 8.05. The Morgan fingerprint density at radius 2 is 2.08 bits per heavy atom. The largest absolute Gasteiger partial charge is 0.481 e. The molecule has 0 aliphatic rings. The zero-order chi connectivity index (χ0) is 10.1. The molecule has 0 bridgehead atoms.